The second kappa shape index (κ2) is 3.48. The molecule has 0 fully saturated rings. The zero-order valence-corrected chi connectivity index (χ0v) is 8.40. The molecule has 0 atom stereocenters. The van der Waals surface area contributed by atoms with Crippen LogP contribution in [0, 0.1) is 13.8 Å². The summed E-state index contributed by atoms with van der Waals surface area (Å²) >= 11 is 0. The van der Waals surface area contributed by atoms with E-state index in [4.69, 9.17) is 0 Å². The number of carbonyl (C=O) groups is 1. The predicted octanol–water partition coefficient (Wildman–Crippen LogP) is 3.14. The minimum Gasteiger partial charge on any atom is -0.287 e. The second-order valence-electron chi connectivity index (χ2n) is 3.54. The molecule has 1 nitrogen and oxygen atoms in total. The van der Waals surface area contributed by atoms with Crippen molar-refractivity contribution in [2.75, 3.05) is 0 Å². The average molecular weight is 198 g/mol. The summed E-state index contributed by atoms with van der Waals surface area (Å²) < 4.78 is 25.5. The lowest BCUT2D eigenvalue weighted by Gasteiger charge is -2.11. The number of ketones is 1. The molecule has 0 aromatic heterocycles. The Morgan fingerprint density at radius 3 is 2.36 bits per heavy atom. The van der Waals surface area contributed by atoms with Crippen LogP contribution in [0.5, 0.6) is 0 Å². The number of carbonyl (C=O) groups excluding carboxylic acids is 1. The van der Waals surface area contributed by atoms with Gasteiger partial charge in [0, 0.05) is 12.5 Å². The first kappa shape index (κ1) is 10.8. The zero-order valence-electron chi connectivity index (χ0n) is 8.40. The predicted molar refractivity (Wildman–Crippen MR) is 50.9 cm³/mol. The van der Waals surface area contributed by atoms with E-state index in [0.29, 0.717) is 12.5 Å². The van der Waals surface area contributed by atoms with E-state index in [2.05, 4.69) is 0 Å². The molecule has 0 amide bonds. The highest BCUT2D eigenvalue weighted by Crippen LogP contribution is 2.22. The van der Waals surface area contributed by atoms with Crippen molar-refractivity contribution in [3.8, 4) is 0 Å². The Balaban J connectivity index is 3.19. The van der Waals surface area contributed by atoms with Gasteiger partial charge in [-0.25, -0.2) is 0 Å². The van der Waals surface area contributed by atoms with Gasteiger partial charge in [0.05, 0.1) is 0 Å². The molecule has 0 aliphatic rings. The lowest BCUT2D eigenvalue weighted by Crippen LogP contribution is -2.25. The second-order valence-corrected chi connectivity index (χ2v) is 3.54. The summed E-state index contributed by atoms with van der Waals surface area (Å²) in [5.41, 5.74) is 1.50. The molecular weight excluding hydrogens is 186 g/mol. The lowest BCUT2D eigenvalue weighted by atomic mass is 9.99. The molecule has 0 unspecified atom stereocenters. The fraction of sp³-hybridized carbons (Fsp3) is 0.364. The molecule has 0 radical (unpaired) electrons. The first-order chi connectivity index (χ1) is 6.32. The SMILES string of the molecule is Cc1ccc(C)c(C(=O)C(C)(F)F)c1. The van der Waals surface area contributed by atoms with Gasteiger partial charge < -0.3 is 0 Å². The monoisotopic (exact) mass is 198 g/mol. The van der Waals surface area contributed by atoms with E-state index in [-0.39, 0.29) is 5.56 Å². The standard InChI is InChI=1S/C11H12F2O/c1-7-4-5-8(2)9(6-7)10(14)11(3,12)13/h4-6H,1-3H3. The number of benzene rings is 1. The van der Waals surface area contributed by atoms with Gasteiger partial charge in [-0.3, -0.25) is 4.79 Å². The van der Waals surface area contributed by atoms with E-state index in [0.717, 1.165) is 5.56 Å². The van der Waals surface area contributed by atoms with Gasteiger partial charge >= 0.3 is 5.92 Å². The largest absolute Gasteiger partial charge is 0.307 e. The zero-order chi connectivity index (χ0) is 10.9. The molecule has 0 N–H and O–H groups in total. The van der Waals surface area contributed by atoms with Crippen LogP contribution in [-0.2, 0) is 0 Å². The smallest absolute Gasteiger partial charge is 0.287 e. The van der Waals surface area contributed by atoms with Crippen LogP contribution in [-0.4, -0.2) is 11.7 Å². The molecule has 0 aliphatic carbocycles. The fourth-order valence-corrected chi connectivity index (χ4v) is 1.22. The minimum atomic E-state index is -3.29. The molecule has 0 saturated heterocycles. The van der Waals surface area contributed by atoms with Crippen molar-refractivity contribution in [2.45, 2.75) is 26.7 Å². The van der Waals surface area contributed by atoms with Gasteiger partial charge in [0.2, 0.25) is 5.78 Å². The van der Waals surface area contributed by atoms with Crippen LogP contribution in [0.2, 0.25) is 0 Å². The topological polar surface area (TPSA) is 17.1 Å². The maximum Gasteiger partial charge on any atom is 0.307 e. The van der Waals surface area contributed by atoms with Crippen LogP contribution in [0.1, 0.15) is 28.4 Å². The molecule has 0 spiro atoms. The lowest BCUT2D eigenvalue weighted by molar-refractivity contribution is 0.0221. The third-order valence-corrected chi connectivity index (χ3v) is 2.04. The van der Waals surface area contributed by atoms with Gasteiger partial charge in [-0.05, 0) is 25.5 Å². The van der Waals surface area contributed by atoms with Crippen molar-refractivity contribution in [1.29, 1.82) is 0 Å². The van der Waals surface area contributed by atoms with Crippen LogP contribution in [0.4, 0.5) is 8.78 Å². The van der Waals surface area contributed by atoms with Crippen molar-refractivity contribution < 1.29 is 13.6 Å². The van der Waals surface area contributed by atoms with Crippen molar-refractivity contribution in [2.24, 2.45) is 0 Å². The molecule has 3 heteroatoms. The quantitative estimate of drug-likeness (QED) is 0.667. The number of Topliss-reactive ketones (excluding diaryl/α,β-unsaturated/α-hetero) is 1. The summed E-state index contributed by atoms with van der Waals surface area (Å²) in [6.45, 7) is 4.04. The highest BCUT2D eigenvalue weighted by atomic mass is 19.3. The third-order valence-electron chi connectivity index (χ3n) is 2.04. The average Bonchev–Trinajstić information content (AvgIpc) is 2.06. The van der Waals surface area contributed by atoms with Gasteiger partial charge in [-0.1, -0.05) is 17.7 Å². The number of hydrogen-bond acceptors (Lipinski definition) is 1. The summed E-state index contributed by atoms with van der Waals surface area (Å²) in [6.07, 6.45) is 0. The number of alkyl halides is 2. The minimum absolute atomic E-state index is 0.109. The number of rotatable bonds is 2. The van der Waals surface area contributed by atoms with Crippen LogP contribution < -0.4 is 0 Å². The van der Waals surface area contributed by atoms with E-state index in [1.54, 1.807) is 26.0 Å². The Labute approximate surface area is 81.7 Å². The molecule has 0 saturated carbocycles. The van der Waals surface area contributed by atoms with Crippen LogP contribution >= 0.6 is 0 Å². The van der Waals surface area contributed by atoms with E-state index in [1.165, 1.54) is 6.07 Å². The number of aryl methyl sites for hydroxylation is 2. The van der Waals surface area contributed by atoms with Gasteiger partial charge in [-0.15, -0.1) is 0 Å². The maximum atomic E-state index is 12.8. The first-order valence-corrected chi connectivity index (χ1v) is 4.32. The molecule has 1 aromatic carbocycles. The van der Waals surface area contributed by atoms with Gasteiger partial charge in [0.1, 0.15) is 0 Å². The van der Waals surface area contributed by atoms with Crippen molar-refractivity contribution >= 4 is 5.78 Å². The summed E-state index contributed by atoms with van der Waals surface area (Å²) in [5.74, 6) is -4.41. The van der Waals surface area contributed by atoms with Crippen molar-refractivity contribution in [1.82, 2.24) is 0 Å². The van der Waals surface area contributed by atoms with E-state index < -0.39 is 11.7 Å². The molecule has 14 heavy (non-hydrogen) atoms. The van der Waals surface area contributed by atoms with Crippen molar-refractivity contribution in [3.05, 3.63) is 34.9 Å². The van der Waals surface area contributed by atoms with Gasteiger partial charge in [0.15, 0.2) is 0 Å². The Morgan fingerprint density at radius 1 is 1.29 bits per heavy atom. The number of hydrogen-bond donors (Lipinski definition) is 0. The van der Waals surface area contributed by atoms with Crippen LogP contribution in [0.3, 0.4) is 0 Å². The fourth-order valence-electron chi connectivity index (χ4n) is 1.22. The molecule has 0 aliphatic heterocycles. The van der Waals surface area contributed by atoms with Crippen LogP contribution in [0.15, 0.2) is 18.2 Å². The normalized spacial score (nSPS) is 11.5. The summed E-state index contributed by atoms with van der Waals surface area (Å²) in [6, 6.07) is 4.96. The third kappa shape index (κ3) is 2.16. The van der Waals surface area contributed by atoms with E-state index >= 15 is 0 Å². The summed E-state index contributed by atoms with van der Waals surface area (Å²) in [5, 5.41) is 0. The molecule has 0 heterocycles. The van der Waals surface area contributed by atoms with Gasteiger partial charge in [-0.2, -0.15) is 8.78 Å². The first-order valence-electron chi connectivity index (χ1n) is 4.32. The molecule has 76 valence electrons. The molecule has 0 bridgehead atoms. The Morgan fingerprint density at radius 2 is 1.86 bits per heavy atom. The van der Waals surface area contributed by atoms with E-state index in [1.807, 2.05) is 0 Å². The Hall–Kier alpha value is -1.25. The van der Waals surface area contributed by atoms with Crippen LogP contribution in [0.25, 0.3) is 0 Å². The molecular formula is C11H12F2O. The highest BCUT2D eigenvalue weighted by Gasteiger charge is 2.33. The van der Waals surface area contributed by atoms with E-state index in [9.17, 15) is 13.6 Å². The molecule has 1 aromatic rings. The summed E-state index contributed by atoms with van der Waals surface area (Å²) in [7, 11) is 0. The maximum absolute atomic E-state index is 12.8. The highest BCUT2D eigenvalue weighted by molar-refractivity contribution is 6.02. The molecule has 1 rings (SSSR count). The summed E-state index contributed by atoms with van der Waals surface area (Å²) in [4.78, 5) is 11.3. The van der Waals surface area contributed by atoms with Gasteiger partial charge in [0.25, 0.3) is 0 Å². The van der Waals surface area contributed by atoms with Crippen molar-refractivity contribution in [3.63, 3.8) is 0 Å². The Kier molecular flexibility index (Phi) is 2.69. The number of halogens is 2. The Bertz CT molecular complexity index is 364.